The minimum Gasteiger partial charge on any atom is -0.322 e. The third-order valence-electron chi connectivity index (χ3n) is 4.12. The van der Waals surface area contributed by atoms with Crippen molar-refractivity contribution in [3.63, 3.8) is 0 Å². The van der Waals surface area contributed by atoms with E-state index in [2.05, 4.69) is 25.8 Å². The van der Waals surface area contributed by atoms with E-state index < -0.39 is 0 Å². The second-order valence-corrected chi connectivity index (χ2v) is 6.08. The number of carbonyl (C=O) groups excluding carboxylic acids is 1. The number of aromatic nitrogens is 5. The van der Waals surface area contributed by atoms with Crippen molar-refractivity contribution < 1.29 is 4.79 Å². The standard InChI is InChI=1S/C19H16N6O/c1-12-6-7-18-14(8-12)9-17(13(2)21-18)19(26)22-15-4-3-5-16(10-15)25-11-20-23-24-25/h3-11H,1-2H3,(H,22,26). The van der Waals surface area contributed by atoms with Gasteiger partial charge >= 0.3 is 0 Å². The van der Waals surface area contributed by atoms with Gasteiger partial charge in [-0.1, -0.05) is 17.7 Å². The van der Waals surface area contributed by atoms with Gasteiger partial charge in [0.1, 0.15) is 6.33 Å². The summed E-state index contributed by atoms with van der Waals surface area (Å²) in [6.07, 6.45) is 1.50. The lowest BCUT2D eigenvalue weighted by atomic mass is 10.1. The maximum atomic E-state index is 12.8. The molecule has 0 bridgehead atoms. The highest BCUT2D eigenvalue weighted by Gasteiger charge is 2.12. The highest BCUT2D eigenvalue weighted by molar-refractivity contribution is 6.06. The summed E-state index contributed by atoms with van der Waals surface area (Å²) < 4.78 is 1.53. The van der Waals surface area contributed by atoms with Crippen LogP contribution in [-0.4, -0.2) is 31.1 Å². The van der Waals surface area contributed by atoms with Gasteiger partial charge in [-0.3, -0.25) is 9.78 Å². The van der Waals surface area contributed by atoms with Gasteiger partial charge in [-0.25, -0.2) is 4.68 Å². The van der Waals surface area contributed by atoms with Gasteiger partial charge < -0.3 is 5.32 Å². The van der Waals surface area contributed by atoms with E-state index in [1.165, 1.54) is 11.0 Å². The first-order valence-corrected chi connectivity index (χ1v) is 8.13. The lowest BCUT2D eigenvalue weighted by molar-refractivity contribution is 0.102. The van der Waals surface area contributed by atoms with Crippen molar-refractivity contribution in [1.29, 1.82) is 0 Å². The van der Waals surface area contributed by atoms with Crippen LogP contribution in [0.25, 0.3) is 16.6 Å². The monoisotopic (exact) mass is 344 g/mol. The van der Waals surface area contributed by atoms with E-state index in [0.29, 0.717) is 16.9 Å². The van der Waals surface area contributed by atoms with Crippen molar-refractivity contribution >= 4 is 22.5 Å². The molecule has 0 aliphatic carbocycles. The molecule has 0 unspecified atom stereocenters. The average molecular weight is 344 g/mol. The van der Waals surface area contributed by atoms with E-state index in [1.54, 1.807) is 0 Å². The summed E-state index contributed by atoms with van der Waals surface area (Å²) in [4.78, 5) is 17.3. The Hall–Kier alpha value is -3.61. The predicted octanol–water partition coefficient (Wildman–Crippen LogP) is 3.08. The Morgan fingerprint density at radius 2 is 1.96 bits per heavy atom. The van der Waals surface area contributed by atoms with E-state index in [1.807, 2.05) is 62.4 Å². The van der Waals surface area contributed by atoms with Crippen LogP contribution >= 0.6 is 0 Å². The fourth-order valence-corrected chi connectivity index (χ4v) is 2.83. The number of nitrogens with one attached hydrogen (secondary N) is 1. The van der Waals surface area contributed by atoms with Gasteiger partial charge in [-0.05, 0) is 60.7 Å². The molecule has 0 fully saturated rings. The molecule has 2 aromatic carbocycles. The highest BCUT2D eigenvalue weighted by Crippen LogP contribution is 2.20. The molecule has 0 saturated heterocycles. The number of fused-ring (bicyclic) bond motifs is 1. The first-order chi connectivity index (χ1) is 12.6. The number of rotatable bonds is 3. The quantitative estimate of drug-likeness (QED) is 0.617. The van der Waals surface area contributed by atoms with Crippen LogP contribution in [-0.2, 0) is 0 Å². The van der Waals surface area contributed by atoms with Crippen LogP contribution in [0.3, 0.4) is 0 Å². The minimum absolute atomic E-state index is 0.202. The molecule has 2 heterocycles. The molecule has 1 N–H and O–H groups in total. The summed E-state index contributed by atoms with van der Waals surface area (Å²) in [5.74, 6) is -0.202. The number of nitrogens with zero attached hydrogens (tertiary/aromatic N) is 5. The van der Waals surface area contributed by atoms with Crippen molar-refractivity contribution in [2.75, 3.05) is 5.32 Å². The molecule has 1 amide bonds. The number of aryl methyl sites for hydroxylation is 2. The van der Waals surface area contributed by atoms with Gasteiger partial charge in [0, 0.05) is 11.1 Å². The van der Waals surface area contributed by atoms with E-state index in [4.69, 9.17) is 0 Å². The molecule has 7 nitrogen and oxygen atoms in total. The molecule has 4 aromatic rings. The molecule has 128 valence electrons. The van der Waals surface area contributed by atoms with Crippen molar-refractivity contribution in [1.82, 2.24) is 25.2 Å². The summed E-state index contributed by atoms with van der Waals surface area (Å²) >= 11 is 0. The zero-order valence-corrected chi connectivity index (χ0v) is 14.3. The van der Waals surface area contributed by atoms with Crippen LogP contribution in [0.1, 0.15) is 21.6 Å². The Labute approximate surface area is 149 Å². The molecule has 0 aliphatic heterocycles. The van der Waals surface area contributed by atoms with Gasteiger partial charge in [-0.15, -0.1) is 5.10 Å². The van der Waals surface area contributed by atoms with Gasteiger partial charge in [0.2, 0.25) is 0 Å². The fourth-order valence-electron chi connectivity index (χ4n) is 2.83. The van der Waals surface area contributed by atoms with E-state index in [-0.39, 0.29) is 5.91 Å². The van der Waals surface area contributed by atoms with Gasteiger partial charge in [0.15, 0.2) is 0 Å². The van der Waals surface area contributed by atoms with Crippen LogP contribution in [0, 0.1) is 13.8 Å². The Balaban J connectivity index is 1.65. The lowest BCUT2D eigenvalue weighted by Crippen LogP contribution is -2.14. The fraction of sp³-hybridized carbons (Fsp3) is 0.105. The number of hydrogen-bond acceptors (Lipinski definition) is 5. The second kappa shape index (κ2) is 6.36. The third kappa shape index (κ3) is 3.02. The molecular weight excluding hydrogens is 328 g/mol. The minimum atomic E-state index is -0.202. The van der Waals surface area contributed by atoms with Crippen LogP contribution in [0.5, 0.6) is 0 Å². The maximum Gasteiger partial charge on any atom is 0.257 e. The van der Waals surface area contributed by atoms with Gasteiger partial charge in [-0.2, -0.15) is 0 Å². The SMILES string of the molecule is Cc1ccc2nc(C)c(C(=O)Nc3cccc(-n4cnnn4)c3)cc2c1. The zero-order chi connectivity index (χ0) is 18.1. The normalized spacial score (nSPS) is 10.8. The molecule has 0 saturated carbocycles. The Bertz CT molecular complexity index is 1100. The number of amides is 1. The van der Waals surface area contributed by atoms with Crippen LogP contribution in [0.15, 0.2) is 54.9 Å². The topological polar surface area (TPSA) is 85.6 Å². The van der Waals surface area contributed by atoms with E-state index in [0.717, 1.165) is 22.2 Å². The average Bonchev–Trinajstić information content (AvgIpc) is 3.16. The summed E-state index contributed by atoms with van der Waals surface area (Å²) in [5.41, 5.74) is 4.67. The van der Waals surface area contributed by atoms with E-state index >= 15 is 0 Å². The summed E-state index contributed by atoms with van der Waals surface area (Å²) in [6, 6.07) is 15.2. The summed E-state index contributed by atoms with van der Waals surface area (Å²) in [7, 11) is 0. The Kier molecular flexibility index (Phi) is 3.89. The van der Waals surface area contributed by atoms with E-state index in [9.17, 15) is 4.79 Å². The first-order valence-electron chi connectivity index (χ1n) is 8.13. The lowest BCUT2D eigenvalue weighted by Gasteiger charge is -2.10. The van der Waals surface area contributed by atoms with Crippen molar-refractivity contribution in [3.8, 4) is 5.69 Å². The highest BCUT2D eigenvalue weighted by atomic mass is 16.1. The number of hydrogen-bond donors (Lipinski definition) is 1. The molecule has 4 rings (SSSR count). The van der Waals surface area contributed by atoms with Gasteiger partial charge in [0.05, 0.1) is 22.5 Å². The molecule has 0 radical (unpaired) electrons. The Morgan fingerprint density at radius 3 is 2.77 bits per heavy atom. The molecular formula is C19H16N6O. The van der Waals surface area contributed by atoms with Crippen LogP contribution in [0.4, 0.5) is 5.69 Å². The number of carbonyl (C=O) groups is 1. The number of benzene rings is 2. The van der Waals surface area contributed by atoms with Crippen molar-refractivity contribution in [2.24, 2.45) is 0 Å². The molecule has 2 aromatic heterocycles. The molecule has 0 atom stereocenters. The molecule has 26 heavy (non-hydrogen) atoms. The summed E-state index contributed by atoms with van der Waals surface area (Å²) in [6.45, 7) is 3.86. The zero-order valence-electron chi connectivity index (χ0n) is 14.3. The maximum absolute atomic E-state index is 12.8. The van der Waals surface area contributed by atoms with Crippen LogP contribution < -0.4 is 5.32 Å². The second-order valence-electron chi connectivity index (χ2n) is 6.08. The molecule has 7 heteroatoms. The van der Waals surface area contributed by atoms with Crippen molar-refractivity contribution in [3.05, 3.63) is 71.7 Å². The first kappa shape index (κ1) is 15.9. The number of tetrazole rings is 1. The van der Waals surface area contributed by atoms with Gasteiger partial charge in [0.25, 0.3) is 5.91 Å². The third-order valence-corrected chi connectivity index (χ3v) is 4.12. The number of pyridine rings is 1. The Morgan fingerprint density at radius 1 is 1.08 bits per heavy atom. The number of anilines is 1. The molecule has 0 aliphatic rings. The van der Waals surface area contributed by atoms with Crippen molar-refractivity contribution in [2.45, 2.75) is 13.8 Å². The largest absolute Gasteiger partial charge is 0.322 e. The summed E-state index contributed by atoms with van der Waals surface area (Å²) in [5, 5.41) is 15.0. The van der Waals surface area contributed by atoms with Crippen LogP contribution in [0.2, 0.25) is 0 Å². The molecule has 0 spiro atoms. The predicted molar refractivity (Wildman–Crippen MR) is 98.3 cm³/mol. The smallest absolute Gasteiger partial charge is 0.257 e.